The third-order valence-electron chi connectivity index (χ3n) is 3.56. The van der Waals surface area contributed by atoms with Crippen LogP contribution >= 0.6 is 0 Å². The number of nitrogens with one attached hydrogen (secondary N) is 1. The lowest BCUT2D eigenvalue weighted by Gasteiger charge is -2.22. The highest BCUT2D eigenvalue weighted by Gasteiger charge is 2.18. The molecule has 0 heterocycles. The predicted molar refractivity (Wildman–Crippen MR) is 99.5 cm³/mol. The second-order valence-corrected chi connectivity index (χ2v) is 7.46. The molecule has 0 radical (unpaired) electrons. The average Bonchev–Trinajstić information content (AvgIpc) is 2.58. The van der Waals surface area contributed by atoms with Crippen LogP contribution in [-0.2, 0) is 14.8 Å². The molecule has 0 aliphatic carbocycles. The lowest BCUT2D eigenvalue weighted by molar-refractivity contribution is -0.116. The summed E-state index contributed by atoms with van der Waals surface area (Å²) in [7, 11) is -1.93. The topological polar surface area (TPSA) is 75.7 Å². The number of methoxy groups -OCH3 is 1. The zero-order valence-corrected chi connectivity index (χ0v) is 15.1. The number of para-hydroxylation sites is 1. The van der Waals surface area contributed by atoms with Gasteiger partial charge in [-0.05, 0) is 30.7 Å². The van der Waals surface area contributed by atoms with Crippen molar-refractivity contribution in [2.24, 2.45) is 0 Å². The maximum atomic E-state index is 12.1. The van der Waals surface area contributed by atoms with E-state index in [1.807, 2.05) is 18.2 Å². The quantitative estimate of drug-likeness (QED) is 0.783. The van der Waals surface area contributed by atoms with E-state index in [9.17, 15) is 13.2 Å². The minimum atomic E-state index is -3.45. The van der Waals surface area contributed by atoms with Crippen molar-refractivity contribution in [1.29, 1.82) is 0 Å². The Hall–Kier alpha value is -2.54. The van der Waals surface area contributed by atoms with Gasteiger partial charge >= 0.3 is 0 Å². The van der Waals surface area contributed by atoms with E-state index < -0.39 is 10.0 Å². The first-order chi connectivity index (χ1) is 11.9. The Morgan fingerprint density at radius 2 is 1.84 bits per heavy atom. The molecule has 25 heavy (non-hydrogen) atoms. The number of carbonyl (C=O) groups excluding carboxylic acids is 1. The lowest BCUT2D eigenvalue weighted by atomic mass is 10.2. The number of nitrogens with zero attached hydrogens (tertiary/aromatic N) is 1. The van der Waals surface area contributed by atoms with Crippen LogP contribution < -0.4 is 14.4 Å². The van der Waals surface area contributed by atoms with Crippen molar-refractivity contribution in [1.82, 2.24) is 0 Å². The normalized spacial score (nSPS) is 11.0. The van der Waals surface area contributed by atoms with Gasteiger partial charge in [0.25, 0.3) is 0 Å². The molecule has 0 aliphatic heterocycles. The van der Waals surface area contributed by atoms with Crippen LogP contribution in [-0.4, -0.2) is 34.2 Å². The first kappa shape index (κ1) is 18.8. The standard InChI is InChI=1S/C18H22N2O4S/c1-24-17-11-6-10-16(14-17)20(25(2,22)23)13-7-12-18(21)19-15-8-4-3-5-9-15/h3-6,8-11,14H,7,12-13H2,1-2H3,(H,19,21). The minimum Gasteiger partial charge on any atom is -0.497 e. The molecular formula is C18H22N2O4S. The van der Waals surface area contributed by atoms with Gasteiger partial charge < -0.3 is 10.1 Å². The number of hydrogen-bond acceptors (Lipinski definition) is 4. The van der Waals surface area contributed by atoms with Crippen LogP contribution in [0.15, 0.2) is 54.6 Å². The van der Waals surface area contributed by atoms with Crippen LogP contribution in [0.5, 0.6) is 5.75 Å². The summed E-state index contributed by atoms with van der Waals surface area (Å²) in [5.74, 6) is 0.429. The Balaban J connectivity index is 1.98. The first-order valence-corrected chi connectivity index (χ1v) is 9.71. The zero-order valence-electron chi connectivity index (χ0n) is 14.3. The van der Waals surface area contributed by atoms with E-state index in [4.69, 9.17) is 4.74 Å². The van der Waals surface area contributed by atoms with Crippen molar-refractivity contribution in [3.8, 4) is 5.75 Å². The summed E-state index contributed by atoms with van der Waals surface area (Å²) < 4.78 is 30.6. The van der Waals surface area contributed by atoms with Crippen molar-refractivity contribution in [2.45, 2.75) is 12.8 Å². The molecule has 7 heteroatoms. The van der Waals surface area contributed by atoms with Crippen LogP contribution in [0.3, 0.4) is 0 Å². The molecule has 0 unspecified atom stereocenters. The molecule has 1 N–H and O–H groups in total. The molecule has 2 aromatic carbocycles. The highest BCUT2D eigenvalue weighted by atomic mass is 32.2. The van der Waals surface area contributed by atoms with Gasteiger partial charge in [-0.1, -0.05) is 24.3 Å². The second kappa shape index (κ2) is 8.53. The van der Waals surface area contributed by atoms with Gasteiger partial charge in [-0.25, -0.2) is 8.42 Å². The zero-order chi connectivity index (χ0) is 18.3. The molecule has 0 aromatic heterocycles. The van der Waals surface area contributed by atoms with Gasteiger partial charge in [-0.2, -0.15) is 0 Å². The van der Waals surface area contributed by atoms with Crippen LogP contribution in [0.4, 0.5) is 11.4 Å². The average molecular weight is 362 g/mol. The molecule has 1 amide bonds. The molecule has 0 spiro atoms. The second-order valence-electron chi connectivity index (χ2n) is 5.55. The Morgan fingerprint density at radius 1 is 1.12 bits per heavy atom. The molecule has 134 valence electrons. The van der Waals surface area contributed by atoms with Gasteiger partial charge in [0, 0.05) is 24.7 Å². The predicted octanol–water partition coefficient (Wildman–Crippen LogP) is 2.88. The summed E-state index contributed by atoms with van der Waals surface area (Å²) in [5.41, 5.74) is 1.24. The van der Waals surface area contributed by atoms with Gasteiger partial charge in [0.05, 0.1) is 19.1 Å². The number of carbonyl (C=O) groups is 1. The summed E-state index contributed by atoms with van der Waals surface area (Å²) in [6.45, 7) is 0.216. The molecular weight excluding hydrogens is 340 g/mol. The number of hydrogen-bond donors (Lipinski definition) is 1. The summed E-state index contributed by atoms with van der Waals surface area (Å²) in [5, 5.41) is 2.79. The number of anilines is 2. The molecule has 2 aromatic rings. The van der Waals surface area contributed by atoms with E-state index in [0.29, 0.717) is 17.9 Å². The number of ether oxygens (including phenoxy) is 1. The lowest BCUT2D eigenvalue weighted by Crippen LogP contribution is -2.31. The summed E-state index contributed by atoms with van der Waals surface area (Å²) in [6.07, 6.45) is 1.78. The minimum absolute atomic E-state index is 0.148. The Kier molecular flexibility index (Phi) is 6.41. The molecule has 0 saturated heterocycles. The van der Waals surface area contributed by atoms with E-state index in [-0.39, 0.29) is 18.9 Å². The Morgan fingerprint density at radius 3 is 2.48 bits per heavy atom. The van der Waals surface area contributed by atoms with Gasteiger partial charge in [0.1, 0.15) is 5.75 Å². The van der Waals surface area contributed by atoms with E-state index in [1.54, 1.807) is 36.4 Å². The fourth-order valence-corrected chi connectivity index (χ4v) is 3.34. The van der Waals surface area contributed by atoms with Crippen LogP contribution in [0, 0.1) is 0 Å². The summed E-state index contributed by atoms with van der Waals surface area (Å²) >= 11 is 0. The monoisotopic (exact) mass is 362 g/mol. The highest BCUT2D eigenvalue weighted by Crippen LogP contribution is 2.23. The van der Waals surface area contributed by atoms with E-state index in [0.717, 1.165) is 11.9 Å². The number of amides is 1. The molecule has 0 atom stereocenters. The van der Waals surface area contributed by atoms with Gasteiger partial charge in [-0.3, -0.25) is 9.10 Å². The van der Waals surface area contributed by atoms with E-state index >= 15 is 0 Å². The van der Waals surface area contributed by atoms with E-state index in [2.05, 4.69) is 5.32 Å². The van der Waals surface area contributed by atoms with Crippen LogP contribution in [0.1, 0.15) is 12.8 Å². The van der Waals surface area contributed by atoms with Gasteiger partial charge in [0.2, 0.25) is 15.9 Å². The smallest absolute Gasteiger partial charge is 0.232 e. The number of sulfonamides is 1. The van der Waals surface area contributed by atoms with Gasteiger partial charge in [0.15, 0.2) is 0 Å². The Bertz CT molecular complexity index is 807. The first-order valence-electron chi connectivity index (χ1n) is 7.87. The van der Waals surface area contributed by atoms with Gasteiger partial charge in [-0.15, -0.1) is 0 Å². The number of rotatable bonds is 8. The fraction of sp³-hybridized carbons (Fsp3) is 0.278. The largest absolute Gasteiger partial charge is 0.497 e. The third-order valence-corrected chi connectivity index (χ3v) is 4.76. The van der Waals surface area contributed by atoms with E-state index in [1.165, 1.54) is 11.4 Å². The molecule has 0 fully saturated rings. The maximum Gasteiger partial charge on any atom is 0.232 e. The molecule has 6 nitrogen and oxygen atoms in total. The van der Waals surface area contributed by atoms with Crippen molar-refractivity contribution >= 4 is 27.3 Å². The molecule has 2 rings (SSSR count). The van der Waals surface area contributed by atoms with Crippen molar-refractivity contribution in [3.63, 3.8) is 0 Å². The van der Waals surface area contributed by atoms with Crippen molar-refractivity contribution in [3.05, 3.63) is 54.6 Å². The molecule has 0 aliphatic rings. The summed E-state index contributed by atoms with van der Waals surface area (Å²) in [4.78, 5) is 12.0. The van der Waals surface area contributed by atoms with Crippen LogP contribution in [0.25, 0.3) is 0 Å². The Labute approximate surface area is 148 Å². The number of benzene rings is 2. The molecule has 0 saturated carbocycles. The van der Waals surface area contributed by atoms with Crippen LogP contribution in [0.2, 0.25) is 0 Å². The van der Waals surface area contributed by atoms with Crippen molar-refractivity contribution < 1.29 is 17.9 Å². The fourth-order valence-electron chi connectivity index (χ4n) is 2.38. The third kappa shape index (κ3) is 5.79. The summed E-state index contributed by atoms with van der Waals surface area (Å²) in [6, 6.07) is 16.0. The highest BCUT2D eigenvalue weighted by molar-refractivity contribution is 7.92. The molecule has 0 bridgehead atoms. The van der Waals surface area contributed by atoms with Crippen molar-refractivity contribution in [2.75, 3.05) is 29.5 Å². The SMILES string of the molecule is COc1cccc(N(CCCC(=O)Nc2ccccc2)S(C)(=O)=O)c1. The maximum absolute atomic E-state index is 12.1.